The molecule has 1 amide bonds. The second kappa shape index (κ2) is 5.34. The third-order valence-corrected chi connectivity index (χ3v) is 3.78. The predicted octanol–water partition coefficient (Wildman–Crippen LogP) is 3.26. The molecule has 98 valence electrons. The summed E-state index contributed by atoms with van der Waals surface area (Å²) in [6.07, 6.45) is 3.13. The van der Waals surface area contributed by atoms with E-state index in [4.69, 9.17) is 0 Å². The third kappa shape index (κ3) is 3.07. The van der Waals surface area contributed by atoms with E-state index in [1.807, 2.05) is 0 Å². The molecule has 1 saturated carbocycles. The van der Waals surface area contributed by atoms with Crippen LogP contribution in [0, 0.1) is 17.0 Å². The number of rotatable bonds is 5. The van der Waals surface area contributed by atoms with Crippen molar-refractivity contribution in [1.82, 2.24) is 5.32 Å². The Kier molecular flexibility index (Phi) is 4.00. The smallest absolute Gasteiger partial charge is 0.254 e. The SMILES string of the molecule is O=C(NCC1(CCBr)CC1)c1cc(F)ccc1F. The van der Waals surface area contributed by atoms with Crippen LogP contribution < -0.4 is 5.32 Å². The molecule has 0 bridgehead atoms. The summed E-state index contributed by atoms with van der Waals surface area (Å²) in [5.74, 6) is -1.85. The van der Waals surface area contributed by atoms with E-state index in [1.54, 1.807) is 0 Å². The van der Waals surface area contributed by atoms with Crippen molar-refractivity contribution in [2.45, 2.75) is 19.3 Å². The van der Waals surface area contributed by atoms with E-state index in [9.17, 15) is 13.6 Å². The lowest BCUT2D eigenvalue weighted by Crippen LogP contribution is -2.31. The Hall–Kier alpha value is -0.970. The average Bonchev–Trinajstić information content (AvgIpc) is 3.10. The number of hydrogen-bond acceptors (Lipinski definition) is 1. The molecule has 1 aromatic rings. The topological polar surface area (TPSA) is 29.1 Å². The minimum absolute atomic E-state index is 0.156. The van der Waals surface area contributed by atoms with E-state index >= 15 is 0 Å². The highest BCUT2D eigenvalue weighted by atomic mass is 79.9. The molecule has 0 saturated heterocycles. The summed E-state index contributed by atoms with van der Waals surface area (Å²) in [7, 11) is 0. The van der Waals surface area contributed by atoms with Gasteiger partial charge in [-0.2, -0.15) is 0 Å². The van der Waals surface area contributed by atoms with Gasteiger partial charge in [0.15, 0.2) is 0 Å². The van der Waals surface area contributed by atoms with Crippen LogP contribution in [0.25, 0.3) is 0 Å². The van der Waals surface area contributed by atoms with Crippen LogP contribution in [0.3, 0.4) is 0 Å². The zero-order chi connectivity index (χ0) is 13.2. The van der Waals surface area contributed by atoms with Crippen molar-refractivity contribution in [2.75, 3.05) is 11.9 Å². The molecule has 0 aliphatic heterocycles. The molecule has 1 N–H and O–H groups in total. The van der Waals surface area contributed by atoms with E-state index in [2.05, 4.69) is 21.2 Å². The number of carbonyl (C=O) groups excluding carboxylic acids is 1. The number of hydrogen-bond donors (Lipinski definition) is 1. The zero-order valence-electron chi connectivity index (χ0n) is 9.81. The maximum Gasteiger partial charge on any atom is 0.254 e. The lowest BCUT2D eigenvalue weighted by molar-refractivity contribution is 0.0940. The highest BCUT2D eigenvalue weighted by Gasteiger charge is 2.41. The number of benzene rings is 1. The van der Waals surface area contributed by atoms with Gasteiger partial charge in [-0.3, -0.25) is 4.79 Å². The number of amides is 1. The molecule has 0 spiro atoms. The molecule has 0 heterocycles. The van der Waals surface area contributed by atoms with Gasteiger partial charge in [-0.25, -0.2) is 8.78 Å². The quantitative estimate of drug-likeness (QED) is 0.830. The zero-order valence-corrected chi connectivity index (χ0v) is 11.4. The normalized spacial score (nSPS) is 16.4. The van der Waals surface area contributed by atoms with E-state index in [-0.39, 0.29) is 11.0 Å². The van der Waals surface area contributed by atoms with Crippen molar-refractivity contribution in [3.63, 3.8) is 0 Å². The molecule has 1 aliphatic carbocycles. The highest BCUT2D eigenvalue weighted by molar-refractivity contribution is 9.09. The second-order valence-corrected chi connectivity index (χ2v) is 5.54. The monoisotopic (exact) mass is 317 g/mol. The van der Waals surface area contributed by atoms with Crippen LogP contribution in [0.1, 0.15) is 29.6 Å². The van der Waals surface area contributed by atoms with Gasteiger partial charge in [-0.1, -0.05) is 15.9 Å². The van der Waals surface area contributed by atoms with Gasteiger partial charge in [0.2, 0.25) is 0 Å². The van der Waals surface area contributed by atoms with Gasteiger partial charge in [-0.05, 0) is 42.9 Å². The molecule has 0 aromatic heterocycles. The lowest BCUT2D eigenvalue weighted by Gasteiger charge is -2.14. The Morgan fingerprint density at radius 2 is 2.11 bits per heavy atom. The first kappa shape index (κ1) is 13.5. The largest absolute Gasteiger partial charge is 0.351 e. The minimum atomic E-state index is -0.695. The van der Waals surface area contributed by atoms with E-state index in [0.29, 0.717) is 6.54 Å². The molecule has 0 atom stereocenters. The first-order chi connectivity index (χ1) is 8.56. The molecular weight excluding hydrogens is 304 g/mol. The summed E-state index contributed by atoms with van der Waals surface area (Å²) < 4.78 is 26.3. The van der Waals surface area contributed by atoms with E-state index < -0.39 is 17.5 Å². The molecule has 1 aliphatic rings. The molecule has 18 heavy (non-hydrogen) atoms. The predicted molar refractivity (Wildman–Crippen MR) is 68.8 cm³/mol. The van der Waals surface area contributed by atoms with Crippen LogP contribution in [0.5, 0.6) is 0 Å². The average molecular weight is 318 g/mol. The second-order valence-electron chi connectivity index (χ2n) is 4.75. The molecule has 2 nitrogen and oxygen atoms in total. The minimum Gasteiger partial charge on any atom is -0.351 e. The molecule has 5 heteroatoms. The Labute approximate surface area is 113 Å². The van der Waals surface area contributed by atoms with Gasteiger partial charge >= 0.3 is 0 Å². The molecular formula is C13H14BrF2NO. The van der Waals surface area contributed by atoms with E-state index in [1.165, 1.54) is 0 Å². The summed E-state index contributed by atoms with van der Waals surface area (Å²) in [6, 6.07) is 2.89. The maximum absolute atomic E-state index is 13.4. The van der Waals surface area contributed by atoms with Crippen molar-refractivity contribution in [3.05, 3.63) is 35.4 Å². The van der Waals surface area contributed by atoms with Gasteiger partial charge < -0.3 is 5.32 Å². The van der Waals surface area contributed by atoms with Crippen molar-refractivity contribution >= 4 is 21.8 Å². The van der Waals surface area contributed by atoms with E-state index in [0.717, 1.165) is 42.8 Å². The van der Waals surface area contributed by atoms with Gasteiger partial charge in [0.1, 0.15) is 11.6 Å². The van der Waals surface area contributed by atoms with Crippen molar-refractivity contribution in [1.29, 1.82) is 0 Å². The van der Waals surface area contributed by atoms with Crippen molar-refractivity contribution in [3.8, 4) is 0 Å². The van der Waals surface area contributed by atoms with Crippen LogP contribution >= 0.6 is 15.9 Å². The van der Waals surface area contributed by atoms with Gasteiger partial charge in [0.05, 0.1) is 5.56 Å². The van der Waals surface area contributed by atoms with Gasteiger partial charge in [0, 0.05) is 11.9 Å². The fourth-order valence-electron chi connectivity index (χ4n) is 1.93. The molecule has 1 aromatic carbocycles. The molecule has 1 fully saturated rings. The standard InChI is InChI=1S/C13H14BrF2NO/c14-6-5-13(3-4-13)8-17-12(18)10-7-9(15)1-2-11(10)16/h1-2,7H,3-6,8H2,(H,17,18). The summed E-state index contributed by atoms with van der Waals surface area (Å²) >= 11 is 3.38. The van der Waals surface area contributed by atoms with Crippen molar-refractivity contribution in [2.24, 2.45) is 5.41 Å². The maximum atomic E-state index is 13.4. The Morgan fingerprint density at radius 3 is 2.72 bits per heavy atom. The van der Waals surface area contributed by atoms with Crippen molar-refractivity contribution < 1.29 is 13.6 Å². The fraction of sp³-hybridized carbons (Fsp3) is 0.462. The lowest BCUT2D eigenvalue weighted by atomic mass is 10.0. The Balaban J connectivity index is 1.98. The number of carbonyl (C=O) groups is 1. The first-order valence-electron chi connectivity index (χ1n) is 5.86. The number of nitrogens with one attached hydrogen (secondary N) is 1. The van der Waals surface area contributed by atoms with Crippen LogP contribution in [-0.2, 0) is 0 Å². The van der Waals surface area contributed by atoms with Gasteiger partial charge in [0.25, 0.3) is 5.91 Å². The van der Waals surface area contributed by atoms with Crippen LogP contribution in [0.4, 0.5) is 8.78 Å². The van der Waals surface area contributed by atoms with Crippen LogP contribution in [0.15, 0.2) is 18.2 Å². The van der Waals surface area contributed by atoms with Crippen LogP contribution in [-0.4, -0.2) is 17.8 Å². The van der Waals surface area contributed by atoms with Gasteiger partial charge in [-0.15, -0.1) is 0 Å². The Morgan fingerprint density at radius 1 is 1.39 bits per heavy atom. The summed E-state index contributed by atoms with van der Waals surface area (Å²) in [5.41, 5.74) is -0.0761. The summed E-state index contributed by atoms with van der Waals surface area (Å²) in [5, 5.41) is 3.57. The highest BCUT2D eigenvalue weighted by Crippen LogP contribution is 2.48. The first-order valence-corrected chi connectivity index (χ1v) is 6.98. The summed E-state index contributed by atoms with van der Waals surface area (Å²) in [6.45, 7) is 0.521. The molecule has 0 unspecified atom stereocenters. The Bertz CT molecular complexity index is 460. The fourth-order valence-corrected chi connectivity index (χ4v) is 2.77. The number of alkyl halides is 1. The van der Waals surface area contributed by atoms with Crippen LogP contribution in [0.2, 0.25) is 0 Å². The third-order valence-electron chi connectivity index (χ3n) is 3.38. The summed E-state index contributed by atoms with van der Waals surface area (Å²) in [4.78, 5) is 11.8. The molecule has 0 radical (unpaired) electrons. The molecule has 2 rings (SSSR count). The number of halogens is 3.